The molecule has 0 spiro atoms. The molecule has 1 fully saturated rings. The molecule has 0 aromatic carbocycles. The Labute approximate surface area is 102 Å². The van der Waals surface area contributed by atoms with Crippen LogP contribution in [0.2, 0.25) is 0 Å². The molecule has 1 aliphatic rings. The highest BCUT2D eigenvalue weighted by Crippen LogP contribution is 2.26. The number of carbonyl (C=O) groups is 2. The Morgan fingerprint density at radius 3 is 2.53 bits per heavy atom. The summed E-state index contributed by atoms with van der Waals surface area (Å²) in [7, 11) is 0. The van der Waals surface area contributed by atoms with Crippen molar-refractivity contribution in [3.05, 3.63) is 0 Å². The van der Waals surface area contributed by atoms with Crippen LogP contribution in [0.5, 0.6) is 0 Å². The van der Waals surface area contributed by atoms with Crippen molar-refractivity contribution in [3.63, 3.8) is 0 Å². The van der Waals surface area contributed by atoms with E-state index in [1.165, 1.54) is 0 Å². The highest BCUT2D eigenvalue weighted by Gasteiger charge is 2.29. The van der Waals surface area contributed by atoms with Crippen LogP contribution < -0.4 is 5.32 Å². The Morgan fingerprint density at radius 2 is 2.06 bits per heavy atom. The molecule has 0 aromatic rings. The molecule has 0 atom stereocenters. The molecule has 1 amide bonds. The highest BCUT2D eigenvalue weighted by molar-refractivity contribution is 5.82. The normalized spacial score (nSPS) is 15.3. The fourth-order valence-corrected chi connectivity index (χ4v) is 1.67. The van der Waals surface area contributed by atoms with Crippen LogP contribution in [0.1, 0.15) is 33.1 Å². The smallest absolute Gasteiger partial charge is 0.322 e. The quantitative estimate of drug-likeness (QED) is 0.657. The first-order valence-corrected chi connectivity index (χ1v) is 6.21. The van der Waals surface area contributed by atoms with Gasteiger partial charge in [-0.2, -0.15) is 0 Å². The Morgan fingerprint density at radius 1 is 1.41 bits per heavy atom. The van der Waals surface area contributed by atoms with Crippen molar-refractivity contribution >= 4 is 11.9 Å². The molecule has 1 saturated carbocycles. The van der Waals surface area contributed by atoms with Gasteiger partial charge in [-0.15, -0.1) is 0 Å². The first kappa shape index (κ1) is 14.0. The van der Waals surface area contributed by atoms with Crippen LogP contribution in [0.15, 0.2) is 0 Å². The predicted octanol–water partition coefficient (Wildman–Crippen LogP) is 0.698. The molecule has 0 radical (unpaired) electrons. The Balaban J connectivity index is 2.28. The second kappa shape index (κ2) is 6.59. The molecule has 0 heterocycles. The van der Waals surface area contributed by atoms with Gasteiger partial charge in [-0.1, -0.05) is 13.8 Å². The minimum Gasteiger partial charge on any atom is -0.480 e. The maximum Gasteiger partial charge on any atom is 0.322 e. The number of hydrogen-bond acceptors (Lipinski definition) is 3. The lowest BCUT2D eigenvalue weighted by molar-refractivity contribution is -0.138. The van der Waals surface area contributed by atoms with Gasteiger partial charge in [0.05, 0.1) is 6.54 Å². The zero-order valence-corrected chi connectivity index (χ0v) is 10.6. The van der Waals surface area contributed by atoms with Crippen LogP contribution in [0.4, 0.5) is 0 Å². The molecule has 0 aromatic heterocycles. The fraction of sp³-hybridized carbons (Fsp3) is 0.833. The highest BCUT2D eigenvalue weighted by atomic mass is 16.4. The van der Waals surface area contributed by atoms with E-state index in [1.54, 1.807) is 0 Å². The van der Waals surface area contributed by atoms with Crippen LogP contribution >= 0.6 is 0 Å². The maximum absolute atomic E-state index is 11.5. The third kappa shape index (κ3) is 6.26. The van der Waals surface area contributed by atoms with E-state index in [2.05, 4.69) is 24.1 Å². The summed E-state index contributed by atoms with van der Waals surface area (Å²) in [5.74, 6) is -0.570. The molecular weight excluding hydrogens is 220 g/mol. The second-order valence-corrected chi connectivity index (χ2v) is 5.05. The first-order chi connectivity index (χ1) is 7.99. The van der Waals surface area contributed by atoms with E-state index in [4.69, 9.17) is 5.11 Å². The maximum atomic E-state index is 11.5. The molecule has 1 aliphatic carbocycles. The van der Waals surface area contributed by atoms with Crippen LogP contribution in [-0.4, -0.2) is 47.6 Å². The zero-order chi connectivity index (χ0) is 12.8. The summed E-state index contributed by atoms with van der Waals surface area (Å²) in [6.07, 6.45) is 3.39. The van der Waals surface area contributed by atoms with E-state index >= 15 is 0 Å². The Bertz CT molecular complexity index is 275. The predicted molar refractivity (Wildman–Crippen MR) is 64.7 cm³/mol. The van der Waals surface area contributed by atoms with Gasteiger partial charge in [-0.25, -0.2) is 0 Å². The number of amides is 1. The molecule has 0 aliphatic heterocycles. The largest absolute Gasteiger partial charge is 0.480 e. The lowest BCUT2D eigenvalue weighted by Gasteiger charge is -2.22. The van der Waals surface area contributed by atoms with Crippen molar-refractivity contribution in [1.29, 1.82) is 0 Å². The topological polar surface area (TPSA) is 69.6 Å². The van der Waals surface area contributed by atoms with Crippen molar-refractivity contribution in [3.8, 4) is 0 Å². The van der Waals surface area contributed by atoms with Gasteiger partial charge in [-0.05, 0) is 31.7 Å². The second-order valence-electron chi connectivity index (χ2n) is 5.05. The monoisotopic (exact) mass is 242 g/mol. The van der Waals surface area contributed by atoms with E-state index < -0.39 is 5.97 Å². The third-order valence-electron chi connectivity index (χ3n) is 2.84. The minimum absolute atomic E-state index is 0.192. The molecule has 5 nitrogen and oxygen atoms in total. The van der Waals surface area contributed by atoms with E-state index in [0.29, 0.717) is 18.5 Å². The molecule has 98 valence electrons. The van der Waals surface area contributed by atoms with Gasteiger partial charge in [0, 0.05) is 6.04 Å². The summed E-state index contributed by atoms with van der Waals surface area (Å²) in [5.41, 5.74) is 0. The third-order valence-corrected chi connectivity index (χ3v) is 2.84. The lowest BCUT2D eigenvalue weighted by atomic mass is 10.1. The standard InChI is InChI=1S/C12H22N2O3/c1-9(2)5-6-14(10-3-4-10)8-11(15)13-7-12(16)17/h9-10H,3-8H2,1-2H3,(H,13,15)(H,16,17). The van der Waals surface area contributed by atoms with Crippen molar-refractivity contribution in [2.45, 2.75) is 39.2 Å². The van der Waals surface area contributed by atoms with Gasteiger partial charge in [0.25, 0.3) is 0 Å². The molecule has 2 N–H and O–H groups in total. The number of carboxylic acid groups (broad SMARTS) is 1. The van der Waals surface area contributed by atoms with Crippen molar-refractivity contribution < 1.29 is 14.7 Å². The number of hydrogen-bond donors (Lipinski definition) is 2. The van der Waals surface area contributed by atoms with E-state index in [0.717, 1.165) is 25.8 Å². The lowest BCUT2D eigenvalue weighted by Crippen LogP contribution is -2.40. The van der Waals surface area contributed by atoms with E-state index in [-0.39, 0.29) is 12.5 Å². The summed E-state index contributed by atoms with van der Waals surface area (Å²) >= 11 is 0. The SMILES string of the molecule is CC(C)CCN(CC(=O)NCC(=O)O)C1CC1. The van der Waals surface area contributed by atoms with Gasteiger partial charge in [0.1, 0.15) is 6.54 Å². The van der Waals surface area contributed by atoms with Gasteiger partial charge < -0.3 is 10.4 Å². The van der Waals surface area contributed by atoms with Crippen molar-refractivity contribution in [1.82, 2.24) is 10.2 Å². The molecule has 0 bridgehead atoms. The number of nitrogens with one attached hydrogen (secondary N) is 1. The summed E-state index contributed by atoms with van der Waals surface area (Å²) in [5, 5.41) is 10.9. The Kier molecular flexibility index (Phi) is 5.41. The molecule has 5 heteroatoms. The van der Waals surface area contributed by atoms with Crippen LogP contribution in [0.3, 0.4) is 0 Å². The molecule has 0 saturated heterocycles. The summed E-state index contributed by atoms with van der Waals surface area (Å²) in [6.45, 7) is 5.28. The fourth-order valence-electron chi connectivity index (χ4n) is 1.67. The minimum atomic E-state index is -1.00. The van der Waals surface area contributed by atoms with Crippen molar-refractivity contribution in [2.75, 3.05) is 19.6 Å². The molecular formula is C12H22N2O3. The van der Waals surface area contributed by atoms with Gasteiger partial charge in [0.15, 0.2) is 0 Å². The van der Waals surface area contributed by atoms with E-state index in [1.807, 2.05) is 0 Å². The Hall–Kier alpha value is -1.10. The number of nitrogens with zero attached hydrogens (tertiary/aromatic N) is 1. The van der Waals surface area contributed by atoms with Crippen molar-refractivity contribution in [2.24, 2.45) is 5.92 Å². The number of aliphatic carboxylic acids is 1. The zero-order valence-electron chi connectivity index (χ0n) is 10.6. The van der Waals surface area contributed by atoms with E-state index in [9.17, 15) is 9.59 Å². The summed E-state index contributed by atoms with van der Waals surface area (Å²) < 4.78 is 0. The average molecular weight is 242 g/mol. The summed E-state index contributed by atoms with van der Waals surface area (Å²) in [4.78, 5) is 24.0. The first-order valence-electron chi connectivity index (χ1n) is 6.21. The number of carbonyl (C=O) groups excluding carboxylic acids is 1. The molecule has 17 heavy (non-hydrogen) atoms. The average Bonchev–Trinajstić information content (AvgIpc) is 3.04. The molecule has 1 rings (SSSR count). The van der Waals surface area contributed by atoms with Crippen LogP contribution in [-0.2, 0) is 9.59 Å². The number of rotatable bonds is 8. The van der Waals surface area contributed by atoms with Gasteiger partial charge in [-0.3, -0.25) is 14.5 Å². The summed E-state index contributed by atoms with van der Waals surface area (Å²) in [6, 6.07) is 0.532. The number of carboxylic acids is 1. The van der Waals surface area contributed by atoms with Crippen LogP contribution in [0.25, 0.3) is 0 Å². The molecule has 0 unspecified atom stereocenters. The van der Waals surface area contributed by atoms with Crippen LogP contribution in [0, 0.1) is 5.92 Å². The van der Waals surface area contributed by atoms with Gasteiger partial charge in [0.2, 0.25) is 5.91 Å². The van der Waals surface area contributed by atoms with Gasteiger partial charge >= 0.3 is 5.97 Å².